The molecule has 1 saturated heterocycles. The van der Waals surface area contributed by atoms with Crippen molar-refractivity contribution >= 4 is 24.1 Å². The first-order valence-corrected chi connectivity index (χ1v) is 10.9. The molecule has 0 saturated carbocycles. The van der Waals surface area contributed by atoms with Crippen LogP contribution in [0.2, 0.25) is 0 Å². The topological polar surface area (TPSA) is 53.0 Å². The van der Waals surface area contributed by atoms with E-state index in [1.54, 1.807) is 6.07 Å². The molecule has 0 bridgehead atoms. The number of benzene rings is 2. The minimum absolute atomic E-state index is 0. The minimum Gasteiger partial charge on any atom is -0.492 e. The third-order valence-corrected chi connectivity index (χ3v) is 5.62. The zero-order chi connectivity index (χ0) is 23.0. The Bertz CT molecular complexity index is 870. The number of piperazine rings is 1. The number of alkyl halides is 3. The smallest absolute Gasteiger partial charge is 0.416 e. The van der Waals surface area contributed by atoms with Crippen molar-refractivity contribution < 1.29 is 27.8 Å². The van der Waals surface area contributed by atoms with Gasteiger partial charge in [-0.05, 0) is 55.2 Å². The van der Waals surface area contributed by atoms with E-state index in [0.717, 1.165) is 49.9 Å². The Hall–Kier alpha value is -2.45. The molecule has 1 fully saturated rings. The number of carbonyl (C=O) groups is 1. The van der Waals surface area contributed by atoms with Gasteiger partial charge in [0.25, 0.3) is 0 Å². The molecular weight excluding hydrogens is 457 g/mol. The Morgan fingerprint density at radius 1 is 1.00 bits per heavy atom. The van der Waals surface area contributed by atoms with Gasteiger partial charge in [-0.1, -0.05) is 18.2 Å². The normalized spacial score (nSPS) is 14.6. The van der Waals surface area contributed by atoms with E-state index in [2.05, 4.69) is 4.90 Å². The van der Waals surface area contributed by atoms with E-state index < -0.39 is 17.7 Å². The van der Waals surface area contributed by atoms with E-state index in [9.17, 15) is 18.0 Å². The number of carboxylic acid groups (broad SMARTS) is 1. The van der Waals surface area contributed by atoms with Gasteiger partial charge < -0.3 is 14.7 Å². The van der Waals surface area contributed by atoms with Crippen LogP contribution in [-0.2, 0) is 17.4 Å². The number of anilines is 1. The average Bonchev–Trinajstić information content (AvgIpc) is 2.77. The molecule has 5 nitrogen and oxygen atoms in total. The number of hydrogen-bond donors (Lipinski definition) is 1. The summed E-state index contributed by atoms with van der Waals surface area (Å²) in [5.41, 5.74) is 1.16. The quantitative estimate of drug-likeness (QED) is 0.472. The molecule has 0 spiro atoms. The summed E-state index contributed by atoms with van der Waals surface area (Å²) in [7, 11) is 0. The van der Waals surface area contributed by atoms with Crippen LogP contribution < -0.4 is 9.64 Å². The predicted molar refractivity (Wildman–Crippen MR) is 124 cm³/mol. The zero-order valence-electron chi connectivity index (χ0n) is 18.4. The maximum absolute atomic E-state index is 12.9. The highest BCUT2D eigenvalue weighted by Gasteiger charge is 2.31. The lowest BCUT2D eigenvalue weighted by Crippen LogP contribution is -2.47. The van der Waals surface area contributed by atoms with Crippen LogP contribution in [0.1, 0.15) is 30.4 Å². The fourth-order valence-corrected chi connectivity index (χ4v) is 3.76. The highest BCUT2D eigenvalue weighted by atomic mass is 35.5. The van der Waals surface area contributed by atoms with E-state index in [1.165, 1.54) is 12.1 Å². The first-order chi connectivity index (χ1) is 15.3. The molecule has 2 aromatic carbocycles. The molecule has 1 aliphatic heterocycles. The molecule has 1 heterocycles. The number of aryl methyl sites for hydroxylation is 1. The molecule has 0 radical (unpaired) electrons. The van der Waals surface area contributed by atoms with Crippen LogP contribution in [-0.4, -0.2) is 55.3 Å². The van der Waals surface area contributed by atoms with Gasteiger partial charge in [-0.3, -0.25) is 9.69 Å². The molecule has 3 rings (SSSR count). The Balaban J connectivity index is 0.00000385. The molecular formula is C24H30ClF3N2O3. The maximum Gasteiger partial charge on any atom is 0.416 e. The van der Waals surface area contributed by atoms with Crippen LogP contribution in [0.25, 0.3) is 0 Å². The van der Waals surface area contributed by atoms with Crippen molar-refractivity contribution in [1.82, 2.24) is 4.90 Å². The molecule has 182 valence electrons. The summed E-state index contributed by atoms with van der Waals surface area (Å²) in [5.74, 6) is 0.0349. The predicted octanol–water partition coefficient (Wildman–Crippen LogP) is 5.13. The number of carboxylic acids is 1. The third kappa shape index (κ3) is 8.78. The third-order valence-electron chi connectivity index (χ3n) is 5.62. The molecule has 0 amide bonds. The van der Waals surface area contributed by atoms with Gasteiger partial charge in [0.1, 0.15) is 12.4 Å². The molecule has 2 aromatic rings. The molecule has 0 unspecified atom stereocenters. The highest BCUT2D eigenvalue weighted by molar-refractivity contribution is 5.85. The molecule has 9 heteroatoms. The van der Waals surface area contributed by atoms with Crippen molar-refractivity contribution in [3.8, 4) is 5.75 Å². The van der Waals surface area contributed by atoms with E-state index in [1.807, 2.05) is 29.2 Å². The summed E-state index contributed by atoms with van der Waals surface area (Å²) in [6, 6.07) is 13.4. The van der Waals surface area contributed by atoms with Crippen molar-refractivity contribution in [2.75, 3.05) is 44.2 Å². The summed E-state index contributed by atoms with van der Waals surface area (Å²) in [4.78, 5) is 14.8. The number of aliphatic carboxylic acids is 1. The minimum atomic E-state index is -4.33. The first kappa shape index (κ1) is 26.8. The van der Waals surface area contributed by atoms with Gasteiger partial charge in [0.2, 0.25) is 0 Å². The maximum atomic E-state index is 12.9. The van der Waals surface area contributed by atoms with E-state index in [0.29, 0.717) is 31.8 Å². The van der Waals surface area contributed by atoms with Gasteiger partial charge in [-0.25, -0.2) is 0 Å². The molecule has 1 aliphatic rings. The van der Waals surface area contributed by atoms with Gasteiger partial charge in [-0.2, -0.15) is 13.2 Å². The van der Waals surface area contributed by atoms with Gasteiger partial charge in [-0.15, -0.1) is 12.4 Å². The molecule has 1 N–H and O–H groups in total. The summed E-state index contributed by atoms with van der Waals surface area (Å²) in [6.45, 7) is 4.20. The fraction of sp³-hybridized carbons (Fsp3) is 0.458. The van der Waals surface area contributed by atoms with Crippen LogP contribution in [0.15, 0.2) is 48.5 Å². The summed E-state index contributed by atoms with van der Waals surface area (Å²) in [6.07, 6.45) is -1.75. The van der Waals surface area contributed by atoms with Gasteiger partial charge in [0, 0.05) is 44.8 Å². The Morgan fingerprint density at radius 3 is 2.33 bits per heavy atom. The monoisotopic (exact) mass is 486 g/mol. The molecule has 0 aliphatic carbocycles. The van der Waals surface area contributed by atoms with Crippen molar-refractivity contribution in [2.24, 2.45) is 0 Å². The molecule has 0 aromatic heterocycles. The van der Waals surface area contributed by atoms with Crippen LogP contribution in [0.5, 0.6) is 5.75 Å². The van der Waals surface area contributed by atoms with Crippen molar-refractivity contribution in [2.45, 2.75) is 31.9 Å². The van der Waals surface area contributed by atoms with Crippen LogP contribution >= 0.6 is 12.4 Å². The van der Waals surface area contributed by atoms with Gasteiger partial charge in [0.05, 0.1) is 5.56 Å². The number of nitrogens with zero attached hydrogens (tertiary/aromatic N) is 2. The second kappa shape index (κ2) is 12.7. The fourth-order valence-electron chi connectivity index (χ4n) is 3.76. The number of hydrogen-bond acceptors (Lipinski definition) is 4. The summed E-state index contributed by atoms with van der Waals surface area (Å²) >= 11 is 0. The number of unbranched alkanes of at least 4 members (excludes halogenated alkanes) is 1. The largest absolute Gasteiger partial charge is 0.492 e. The van der Waals surface area contributed by atoms with Gasteiger partial charge in [0.15, 0.2) is 0 Å². The van der Waals surface area contributed by atoms with Gasteiger partial charge >= 0.3 is 12.1 Å². The van der Waals surface area contributed by atoms with Crippen LogP contribution in [0, 0.1) is 0 Å². The Kier molecular flexibility index (Phi) is 10.3. The standard InChI is InChI=1S/C24H29F3N2O3.ClH/c25-24(26,27)20-5-3-6-21(18-20)29-14-12-28(13-15-29)16-17-32-22-10-8-19(9-11-22)4-1-2-7-23(30)31;/h3,5-6,8-11,18H,1-2,4,7,12-17H2,(H,30,31);1H. The lowest BCUT2D eigenvalue weighted by molar-refractivity contribution is -0.138. The van der Waals surface area contributed by atoms with Crippen molar-refractivity contribution in [1.29, 1.82) is 0 Å². The van der Waals surface area contributed by atoms with Crippen molar-refractivity contribution in [3.05, 3.63) is 59.7 Å². The highest BCUT2D eigenvalue weighted by Crippen LogP contribution is 2.31. The molecule has 0 atom stereocenters. The number of halogens is 4. The van der Waals surface area contributed by atoms with Crippen LogP contribution in [0.3, 0.4) is 0 Å². The van der Waals surface area contributed by atoms with Crippen LogP contribution in [0.4, 0.5) is 18.9 Å². The Labute approximate surface area is 198 Å². The second-order valence-corrected chi connectivity index (χ2v) is 7.97. The summed E-state index contributed by atoms with van der Waals surface area (Å²) in [5, 5.41) is 8.67. The lowest BCUT2D eigenvalue weighted by atomic mass is 10.1. The lowest BCUT2D eigenvalue weighted by Gasteiger charge is -2.36. The van der Waals surface area contributed by atoms with E-state index in [4.69, 9.17) is 9.84 Å². The van der Waals surface area contributed by atoms with E-state index >= 15 is 0 Å². The summed E-state index contributed by atoms with van der Waals surface area (Å²) < 4.78 is 44.6. The SMILES string of the molecule is Cl.O=C(O)CCCCc1ccc(OCCN2CCN(c3cccc(C(F)(F)F)c3)CC2)cc1. The first-order valence-electron chi connectivity index (χ1n) is 10.9. The number of ether oxygens (including phenoxy) is 1. The molecule has 33 heavy (non-hydrogen) atoms. The number of rotatable bonds is 10. The second-order valence-electron chi connectivity index (χ2n) is 7.97. The average molecular weight is 487 g/mol. The van der Waals surface area contributed by atoms with Crippen molar-refractivity contribution in [3.63, 3.8) is 0 Å². The zero-order valence-corrected chi connectivity index (χ0v) is 19.2. The van der Waals surface area contributed by atoms with E-state index in [-0.39, 0.29) is 18.8 Å². The Morgan fingerprint density at radius 2 is 1.70 bits per heavy atom.